The van der Waals surface area contributed by atoms with Gasteiger partial charge in [-0.15, -0.1) is 0 Å². The van der Waals surface area contributed by atoms with Crippen molar-refractivity contribution < 1.29 is 19.4 Å². The van der Waals surface area contributed by atoms with Crippen LogP contribution < -0.4 is 15.8 Å². The molecule has 0 saturated carbocycles. The van der Waals surface area contributed by atoms with Gasteiger partial charge in [-0.1, -0.05) is 0 Å². The van der Waals surface area contributed by atoms with Crippen LogP contribution in [0.1, 0.15) is 32.3 Å². The minimum atomic E-state index is -0.968. The second-order valence-corrected chi connectivity index (χ2v) is 5.17. The fraction of sp³-hybridized carbons (Fsp3) is 0.467. The first-order valence-electron chi connectivity index (χ1n) is 6.85. The molecule has 1 aromatic carbocycles. The van der Waals surface area contributed by atoms with Gasteiger partial charge in [0.15, 0.2) is 0 Å². The van der Waals surface area contributed by atoms with Crippen molar-refractivity contribution in [2.24, 2.45) is 5.73 Å². The monoisotopic (exact) mass is 294 g/mol. The zero-order chi connectivity index (χ0) is 16.0. The number of benzene rings is 1. The second kappa shape index (κ2) is 7.64. The number of carboxylic acids is 1. The highest BCUT2D eigenvalue weighted by Crippen LogP contribution is 2.22. The Morgan fingerprint density at radius 2 is 2.05 bits per heavy atom. The van der Waals surface area contributed by atoms with Gasteiger partial charge >= 0.3 is 5.97 Å². The number of carbonyl (C=O) groups excluding carboxylic acids is 1. The van der Waals surface area contributed by atoms with Gasteiger partial charge in [-0.05, 0) is 51.0 Å². The lowest BCUT2D eigenvalue weighted by molar-refractivity contribution is -0.137. The highest BCUT2D eigenvalue weighted by atomic mass is 16.5. The summed E-state index contributed by atoms with van der Waals surface area (Å²) in [6, 6.07) is 4.51. The van der Waals surface area contributed by atoms with Gasteiger partial charge in [0, 0.05) is 12.1 Å². The highest BCUT2D eigenvalue weighted by Gasteiger charge is 2.16. The molecule has 4 N–H and O–H groups in total. The predicted molar refractivity (Wildman–Crippen MR) is 80.4 cm³/mol. The smallest absolute Gasteiger partial charge is 0.303 e. The number of carboxylic acid groups (broad SMARTS) is 1. The molecule has 1 atom stereocenters. The number of nitrogens with two attached hydrogens (primary N) is 1. The van der Waals surface area contributed by atoms with E-state index in [-0.39, 0.29) is 18.9 Å². The van der Waals surface area contributed by atoms with Crippen molar-refractivity contribution in [3.63, 3.8) is 0 Å². The first-order valence-corrected chi connectivity index (χ1v) is 6.85. The number of carbonyl (C=O) groups is 2. The van der Waals surface area contributed by atoms with Crippen LogP contribution in [0.2, 0.25) is 0 Å². The molecule has 0 heterocycles. The van der Waals surface area contributed by atoms with E-state index >= 15 is 0 Å². The lowest BCUT2D eigenvalue weighted by Gasteiger charge is -2.15. The van der Waals surface area contributed by atoms with Crippen molar-refractivity contribution in [1.82, 2.24) is 0 Å². The third-order valence-corrected chi connectivity index (χ3v) is 2.83. The normalized spacial score (nSPS) is 12.0. The molecule has 1 aromatic rings. The first-order chi connectivity index (χ1) is 9.79. The van der Waals surface area contributed by atoms with Crippen LogP contribution in [0.5, 0.6) is 5.75 Å². The number of hydrogen-bond donors (Lipinski definition) is 3. The largest absolute Gasteiger partial charge is 0.491 e. The standard InChI is InChI=1S/C15H22N2O4/c1-9(2)21-11-4-6-13(10(3)8-11)17-15(20)12(16)5-7-14(18)19/h4,6,8-9,12H,5,7,16H2,1-3H3,(H,17,20)(H,18,19). The molecule has 1 unspecified atom stereocenters. The molecule has 0 radical (unpaired) electrons. The molecule has 0 aliphatic heterocycles. The van der Waals surface area contributed by atoms with Gasteiger partial charge in [-0.2, -0.15) is 0 Å². The molecule has 0 aliphatic carbocycles. The topological polar surface area (TPSA) is 102 Å². The molecule has 0 spiro atoms. The van der Waals surface area contributed by atoms with E-state index < -0.39 is 17.9 Å². The molecule has 6 nitrogen and oxygen atoms in total. The summed E-state index contributed by atoms with van der Waals surface area (Å²) < 4.78 is 5.56. The molecule has 6 heteroatoms. The molecular weight excluding hydrogens is 272 g/mol. The average molecular weight is 294 g/mol. The van der Waals surface area contributed by atoms with E-state index in [0.717, 1.165) is 11.3 Å². The van der Waals surface area contributed by atoms with E-state index in [4.69, 9.17) is 15.6 Å². The quantitative estimate of drug-likeness (QED) is 0.713. The number of amides is 1. The number of rotatable bonds is 7. The highest BCUT2D eigenvalue weighted by molar-refractivity contribution is 5.95. The Labute approximate surface area is 124 Å². The van der Waals surface area contributed by atoms with Crippen molar-refractivity contribution in [1.29, 1.82) is 0 Å². The number of hydrogen-bond acceptors (Lipinski definition) is 4. The summed E-state index contributed by atoms with van der Waals surface area (Å²) >= 11 is 0. The fourth-order valence-corrected chi connectivity index (χ4v) is 1.76. The van der Waals surface area contributed by atoms with E-state index in [1.165, 1.54) is 0 Å². The molecule has 116 valence electrons. The van der Waals surface area contributed by atoms with Gasteiger partial charge in [-0.25, -0.2) is 0 Å². The van der Waals surface area contributed by atoms with Crippen molar-refractivity contribution in [2.45, 2.75) is 45.8 Å². The van der Waals surface area contributed by atoms with Crippen molar-refractivity contribution in [3.8, 4) is 5.75 Å². The van der Waals surface area contributed by atoms with Gasteiger partial charge in [0.05, 0.1) is 12.1 Å². The first kappa shape index (κ1) is 17.0. The van der Waals surface area contributed by atoms with Crippen LogP contribution in [0, 0.1) is 6.92 Å². The fourth-order valence-electron chi connectivity index (χ4n) is 1.76. The van der Waals surface area contributed by atoms with Crippen molar-refractivity contribution in [2.75, 3.05) is 5.32 Å². The lowest BCUT2D eigenvalue weighted by Crippen LogP contribution is -2.36. The molecule has 0 aliphatic rings. The zero-order valence-electron chi connectivity index (χ0n) is 12.6. The number of anilines is 1. The average Bonchev–Trinajstić information content (AvgIpc) is 2.38. The Kier molecular flexibility index (Phi) is 6.17. The molecule has 0 fully saturated rings. The molecular formula is C15H22N2O4. The summed E-state index contributed by atoms with van der Waals surface area (Å²) in [5.74, 6) is -0.628. The summed E-state index contributed by atoms with van der Waals surface area (Å²) in [5.41, 5.74) is 7.15. The van der Waals surface area contributed by atoms with Crippen LogP contribution in [0.25, 0.3) is 0 Å². The van der Waals surface area contributed by atoms with E-state index in [1.807, 2.05) is 26.8 Å². The number of nitrogens with one attached hydrogen (secondary N) is 1. The lowest BCUT2D eigenvalue weighted by atomic mass is 10.1. The Morgan fingerprint density at radius 1 is 1.38 bits per heavy atom. The van der Waals surface area contributed by atoms with E-state index in [2.05, 4.69) is 5.32 Å². The Morgan fingerprint density at radius 3 is 2.57 bits per heavy atom. The maximum absolute atomic E-state index is 11.9. The molecule has 1 rings (SSSR count). The summed E-state index contributed by atoms with van der Waals surface area (Å²) in [6.07, 6.45) is 0.0537. The van der Waals surface area contributed by atoms with E-state index in [9.17, 15) is 9.59 Å². The number of aliphatic carboxylic acids is 1. The van der Waals surface area contributed by atoms with Crippen LogP contribution >= 0.6 is 0 Å². The van der Waals surface area contributed by atoms with E-state index in [1.54, 1.807) is 12.1 Å². The van der Waals surface area contributed by atoms with Crippen molar-refractivity contribution >= 4 is 17.6 Å². The molecule has 1 amide bonds. The molecule has 21 heavy (non-hydrogen) atoms. The van der Waals surface area contributed by atoms with E-state index in [0.29, 0.717) is 5.69 Å². The minimum Gasteiger partial charge on any atom is -0.491 e. The SMILES string of the molecule is Cc1cc(OC(C)C)ccc1NC(=O)C(N)CCC(=O)O. The summed E-state index contributed by atoms with van der Waals surface area (Å²) in [5, 5.41) is 11.3. The maximum Gasteiger partial charge on any atom is 0.303 e. The minimum absolute atomic E-state index is 0.0780. The van der Waals surface area contributed by atoms with Gasteiger partial charge in [0.25, 0.3) is 0 Å². The molecule has 0 saturated heterocycles. The van der Waals surface area contributed by atoms with Gasteiger partial charge in [0.2, 0.25) is 5.91 Å². The van der Waals surface area contributed by atoms with Crippen LogP contribution in [-0.2, 0) is 9.59 Å². The Balaban J connectivity index is 2.65. The second-order valence-electron chi connectivity index (χ2n) is 5.17. The van der Waals surface area contributed by atoms with Crippen LogP contribution in [0.4, 0.5) is 5.69 Å². The Bertz CT molecular complexity index is 514. The van der Waals surface area contributed by atoms with Gasteiger partial charge < -0.3 is 20.9 Å². The summed E-state index contributed by atoms with van der Waals surface area (Å²) in [4.78, 5) is 22.3. The molecule has 0 aromatic heterocycles. The third kappa shape index (κ3) is 5.83. The predicted octanol–water partition coefficient (Wildman–Crippen LogP) is 1.91. The van der Waals surface area contributed by atoms with Crippen LogP contribution in [0.3, 0.4) is 0 Å². The summed E-state index contributed by atoms with van der Waals surface area (Å²) in [6.45, 7) is 5.73. The Hall–Kier alpha value is -2.08. The summed E-state index contributed by atoms with van der Waals surface area (Å²) in [7, 11) is 0. The zero-order valence-corrected chi connectivity index (χ0v) is 12.6. The van der Waals surface area contributed by atoms with Crippen LogP contribution in [0.15, 0.2) is 18.2 Å². The number of ether oxygens (including phenoxy) is 1. The van der Waals surface area contributed by atoms with Crippen molar-refractivity contribution in [3.05, 3.63) is 23.8 Å². The van der Waals surface area contributed by atoms with Gasteiger partial charge in [-0.3, -0.25) is 9.59 Å². The van der Waals surface area contributed by atoms with Gasteiger partial charge in [0.1, 0.15) is 5.75 Å². The van der Waals surface area contributed by atoms with Crippen LogP contribution in [-0.4, -0.2) is 29.1 Å². The third-order valence-electron chi connectivity index (χ3n) is 2.83. The molecule has 0 bridgehead atoms. The maximum atomic E-state index is 11.9. The number of aryl methyl sites for hydroxylation is 1.